The van der Waals surface area contributed by atoms with E-state index in [1.54, 1.807) is 36.1 Å². The smallest absolute Gasteiger partial charge is 0.255 e. The number of nitrogens with zero attached hydrogens (tertiary/aromatic N) is 3. The first-order valence-corrected chi connectivity index (χ1v) is 8.59. The van der Waals surface area contributed by atoms with Crippen LogP contribution in [0.15, 0.2) is 55.1 Å². The summed E-state index contributed by atoms with van der Waals surface area (Å²) >= 11 is 1.66. The summed E-state index contributed by atoms with van der Waals surface area (Å²) in [4.78, 5) is 25.4. The zero-order chi connectivity index (χ0) is 16.9. The van der Waals surface area contributed by atoms with Crippen LogP contribution in [0.5, 0.6) is 0 Å². The fourth-order valence-corrected chi connectivity index (χ4v) is 3.55. The second kappa shape index (κ2) is 7.36. The Hall–Kier alpha value is -2.53. The summed E-state index contributed by atoms with van der Waals surface area (Å²) in [6.07, 6.45) is 7.05. The lowest BCUT2D eigenvalue weighted by atomic mass is 10.1. The van der Waals surface area contributed by atoms with Gasteiger partial charge >= 0.3 is 0 Å². The van der Waals surface area contributed by atoms with Gasteiger partial charge in [-0.25, -0.2) is 0 Å². The van der Waals surface area contributed by atoms with E-state index in [2.05, 4.69) is 9.97 Å². The molecule has 0 bridgehead atoms. The van der Waals surface area contributed by atoms with Crippen molar-refractivity contribution in [2.24, 2.45) is 0 Å². The van der Waals surface area contributed by atoms with Gasteiger partial charge < -0.3 is 4.90 Å². The van der Waals surface area contributed by atoms with E-state index < -0.39 is 0 Å². The van der Waals surface area contributed by atoms with Gasteiger partial charge in [-0.3, -0.25) is 14.8 Å². The molecule has 0 atom stereocenters. The highest BCUT2D eigenvalue weighted by atomic mass is 32.1. The number of amides is 1. The van der Waals surface area contributed by atoms with Crippen LogP contribution in [0.4, 0.5) is 0 Å². The predicted octanol–water partition coefficient (Wildman–Crippen LogP) is 4.00. The first kappa shape index (κ1) is 16.3. The third kappa shape index (κ3) is 3.86. The van der Waals surface area contributed by atoms with Gasteiger partial charge in [0.05, 0.1) is 5.56 Å². The summed E-state index contributed by atoms with van der Waals surface area (Å²) in [5, 5.41) is 0. The van der Waals surface area contributed by atoms with Crippen LogP contribution < -0.4 is 0 Å². The molecule has 0 radical (unpaired) electrons. The Bertz CT molecular complexity index is 774. The SMILES string of the molecule is Cc1cc(C(=O)N(Cc2ccncc2)Cc2cccnc2)c(C)s1. The molecule has 0 saturated heterocycles. The van der Waals surface area contributed by atoms with Crippen LogP contribution in [-0.2, 0) is 13.1 Å². The molecule has 24 heavy (non-hydrogen) atoms. The summed E-state index contributed by atoms with van der Waals surface area (Å²) in [5.74, 6) is 0.0533. The fraction of sp³-hybridized carbons (Fsp3) is 0.211. The van der Waals surface area contributed by atoms with Crippen molar-refractivity contribution in [3.05, 3.63) is 81.6 Å². The number of hydrogen-bond donors (Lipinski definition) is 0. The van der Waals surface area contributed by atoms with Crippen molar-refractivity contribution in [2.45, 2.75) is 26.9 Å². The Morgan fingerprint density at radius 1 is 1.04 bits per heavy atom. The molecule has 0 unspecified atom stereocenters. The van der Waals surface area contributed by atoms with Crippen molar-refractivity contribution in [1.29, 1.82) is 0 Å². The largest absolute Gasteiger partial charge is 0.330 e. The number of hydrogen-bond acceptors (Lipinski definition) is 4. The molecule has 0 aromatic carbocycles. The van der Waals surface area contributed by atoms with Gasteiger partial charge in [0.15, 0.2) is 0 Å². The summed E-state index contributed by atoms with van der Waals surface area (Å²) < 4.78 is 0. The van der Waals surface area contributed by atoms with Gasteiger partial charge in [0, 0.05) is 47.6 Å². The molecular weight excluding hydrogens is 318 g/mol. The molecule has 0 fully saturated rings. The molecule has 4 nitrogen and oxygen atoms in total. The van der Waals surface area contributed by atoms with Gasteiger partial charge in [-0.2, -0.15) is 0 Å². The van der Waals surface area contributed by atoms with Crippen molar-refractivity contribution >= 4 is 17.2 Å². The highest BCUT2D eigenvalue weighted by molar-refractivity contribution is 7.12. The van der Waals surface area contributed by atoms with Crippen LogP contribution in [0.25, 0.3) is 0 Å². The Morgan fingerprint density at radius 2 is 1.79 bits per heavy atom. The Morgan fingerprint density at radius 3 is 2.42 bits per heavy atom. The second-order valence-corrected chi connectivity index (χ2v) is 7.17. The molecule has 3 aromatic heterocycles. The number of carbonyl (C=O) groups is 1. The topological polar surface area (TPSA) is 46.1 Å². The summed E-state index contributed by atoms with van der Waals surface area (Å²) in [5.41, 5.74) is 2.87. The average Bonchev–Trinajstić information content (AvgIpc) is 2.94. The number of aryl methyl sites for hydroxylation is 2. The molecule has 0 N–H and O–H groups in total. The number of carbonyl (C=O) groups excluding carboxylic acids is 1. The molecular formula is C19H19N3OS. The Kier molecular flexibility index (Phi) is 5.01. The molecule has 3 rings (SSSR count). The molecule has 0 aliphatic carbocycles. The van der Waals surface area contributed by atoms with Gasteiger partial charge in [-0.05, 0) is 49.2 Å². The van der Waals surface area contributed by atoms with Crippen molar-refractivity contribution in [2.75, 3.05) is 0 Å². The third-order valence-electron chi connectivity index (χ3n) is 3.78. The fourth-order valence-electron chi connectivity index (χ4n) is 2.63. The lowest BCUT2D eigenvalue weighted by Gasteiger charge is -2.23. The quantitative estimate of drug-likeness (QED) is 0.707. The predicted molar refractivity (Wildman–Crippen MR) is 95.8 cm³/mol. The molecule has 0 aliphatic rings. The van der Waals surface area contributed by atoms with E-state index in [1.807, 2.05) is 49.1 Å². The van der Waals surface area contributed by atoms with Gasteiger partial charge in [0.25, 0.3) is 5.91 Å². The van der Waals surface area contributed by atoms with E-state index >= 15 is 0 Å². The lowest BCUT2D eigenvalue weighted by molar-refractivity contribution is 0.0729. The van der Waals surface area contributed by atoms with Crippen LogP contribution in [-0.4, -0.2) is 20.8 Å². The first-order chi connectivity index (χ1) is 11.6. The minimum absolute atomic E-state index is 0.0533. The molecule has 122 valence electrons. The van der Waals surface area contributed by atoms with Crippen LogP contribution in [0.1, 0.15) is 31.2 Å². The van der Waals surface area contributed by atoms with Crippen molar-refractivity contribution in [3.63, 3.8) is 0 Å². The Balaban J connectivity index is 1.89. The monoisotopic (exact) mass is 337 g/mol. The second-order valence-electron chi connectivity index (χ2n) is 5.70. The van der Waals surface area contributed by atoms with Crippen LogP contribution in [0.3, 0.4) is 0 Å². The summed E-state index contributed by atoms with van der Waals surface area (Å²) in [6, 6.07) is 9.74. The van der Waals surface area contributed by atoms with E-state index in [9.17, 15) is 4.79 Å². The van der Waals surface area contributed by atoms with E-state index in [-0.39, 0.29) is 5.91 Å². The van der Waals surface area contributed by atoms with Gasteiger partial charge in [0.1, 0.15) is 0 Å². The zero-order valence-corrected chi connectivity index (χ0v) is 14.6. The van der Waals surface area contributed by atoms with E-state index in [0.29, 0.717) is 13.1 Å². The molecule has 3 heterocycles. The zero-order valence-electron chi connectivity index (χ0n) is 13.8. The first-order valence-electron chi connectivity index (χ1n) is 7.77. The minimum atomic E-state index is 0.0533. The Labute approximate surface area is 145 Å². The molecule has 3 aromatic rings. The average molecular weight is 337 g/mol. The molecule has 5 heteroatoms. The molecule has 1 amide bonds. The maximum absolute atomic E-state index is 13.1. The van der Waals surface area contributed by atoms with E-state index in [1.165, 1.54) is 0 Å². The van der Waals surface area contributed by atoms with E-state index in [0.717, 1.165) is 26.4 Å². The number of thiophene rings is 1. The lowest BCUT2D eigenvalue weighted by Crippen LogP contribution is -2.30. The van der Waals surface area contributed by atoms with Gasteiger partial charge in [0.2, 0.25) is 0 Å². The molecule has 0 saturated carbocycles. The van der Waals surface area contributed by atoms with Crippen molar-refractivity contribution in [1.82, 2.24) is 14.9 Å². The molecule has 0 spiro atoms. The standard InChI is InChI=1S/C19H19N3OS/c1-14-10-18(15(2)24-14)19(23)22(12-16-5-8-20-9-6-16)13-17-4-3-7-21-11-17/h3-11H,12-13H2,1-2H3. The summed E-state index contributed by atoms with van der Waals surface area (Å²) in [7, 11) is 0. The highest BCUT2D eigenvalue weighted by Gasteiger charge is 2.20. The van der Waals surface area contributed by atoms with E-state index in [4.69, 9.17) is 0 Å². The maximum atomic E-state index is 13.1. The van der Waals surface area contributed by atoms with Gasteiger partial charge in [-0.15, -0.1) is 11.3 Å². The third-order valence-corrected chi connectivity index (χ3v) is 4.74. The summed E-state index contributed by atoms with van der Waals surface area (Å²) in [6.45, 7) is 5.11. The number of pyridine rings is 2. The highest BCUT2D eigenvalue weighted by Crippen LogP contribution is 2.23. The van der Waals surface area contributed by atoms with Crippen LogP contribution in [0.2, 0.25) is 0 Å². The van der Waals surface area contributed by atoms with Crippen LogP contribution >= 0.6 is 11.3 Å². The van der Waals surface area contributed by atoms with Gasteiger partial charge in [-0.1, -0.05) is 6.07 Å². The molecule has 0 aliphatic heterocycles. The maximum Gasteiger partial charge on any atom is 0.255 e. The number of rotatable bonds is 5. The normalized spacial score (nSPS) is 10.6. The van der Waals surface area contributed by atoms with Crippen LogP contribution in [0, 0.1) is 13.8 Å². The minimum Gasteiger partial charge on any atom is -0.330 e. The van der Waals surface area contributed by atoms with Crippen molar-refractivity contribution < 1.29 is 4.79 Å². The van der Waals surface area contributed by atoms with Crippen molar-refractivity contribution in [3.8, 4) is 0 Å². The number of aromatic nitrogens is 2.